The van der Waals surface area contributed by atoms with Gasteiger partial charge in [-0.3, -0.25) is 19.2 Å². The van der Waals surface area contributed by atoms with Crippen molar-refractivity contribution in [3.63, 3.8) is 0 Å². The SMILES string of the molecule is C[C@H](NC(=O)[C@H](Cc1ccc2ccccc2c1)NC(=O)CCC(=O)O)C(N)=O. The summed E-state index contributed by atoms with van der Waals surface area (Å²) in [7, 11) is 0. The van der Waals surface area contributed by atoms with E-state index in [0.717, 1.165) is 16.3 Å². The molecule has 0 spiro atoms. The highest BCUT2D eigenvalue weighted by Crippen LogP contribution is 2.17. The summed E-state index contributed by atoms with van der Waals surface area (Å²) in [5.74, 6) is -2.93. The molecule has 2 aromatic carbocycles. The number of nitrogens with two attached hydrogens (primary N) is 1. The normalized spacial score (nSPS) is 12.8. The molecule has 148 valence electrons. The summed E-state index contributed by atoms with van der Waals surface area (Å²) in [6, 6.07) is 11.5. The Kier molecular flexibility index (Phi) is 7.08. The molecule has 5 N–H and O–H groups in total. The van der Waals surface area contributed by atoms with E-state index in [2.05, 4.69) is 10.6 Å². The Hall–Kier alpha value is -3.42. The van der Waals surface area contributed by atoms with Gasteiger partial charge in [-0.25, -0.2) is 0 Å². The van der Waals surface area contributed by atoms with Crippen LogP contribution in [0.1, 0.15) is 25.3 Å². The molecule has 0 aromatic heterocycles. The Morgan fingerprint density at radius 3 is 2.32 bits per heavy atom. The minimum absolute atomic E-state index is 0.182. The molecule has 8 nitrogen and oxygen atoms in total. The second-order valence-electron chi connectivity index (χ2n) is 6.53. The Bertz CT molecular complexity index is 896. The summed E-state index contributed by atoms with van der Waals surface area (Å²) in [6.07, 6.45) is -0.406. The summed E-state index contributed by atoms with van der Waals surface area (Å²) in [5, 5.41) is 15.7. The molecular formula is C20H23N3O5. The van der Waals surface area contributed by atoms with Crippen molar-refractivity contribution in [2.75, 3.05) is 0 Å². The van der Waals surface area contributed by atoms with Crippen LogP contribution in [0.15, 0.2) is 42.5 Å². The lowest BCUT2D eigenvalue weighted by molar-refractivity contribution is -0.139. The van der Waals surface area contributed by atoms with E-state index < -0.39 is 35.8 Å². The number of hydrogen-bond acceptors (Lipinski definition) is 4. The van der Waals surface area contributed by atoms with Crippen molar-refractivity contribution in [2.24, 2.45) is 5.73 Å². The average molecular weight is 385 g/mol. The quantitative estimate of drug-likeness (QED) is 0.504. The van der Waals surface area contributed by atoms with E-state index in [1.807, 2.05) is 42.5 Å². The van der Waals surface area contributed by atoms with Gasteiger partial charge >= 0.3 is 5.97 Å². The van der Waals surface area contributed by atoms with Crippen LogP contribution in [0.25, 0.3) is 10.8 Å². The largest absolute Gasteiger partial charge is 0.481 e. The van der Waals surface area contributed by atoms with Crippen LogP contribution in [-0.4, -0.2) is 40.9 Å². The molecule has 3 amide bonds. The number of nitrogens with one attached hydrogen (secondary N) is 2. The van der Waals surface area contributed by atoms with Gasteiger partial charge < -0.3 is 21.5 Å². The highest BCUT2D eigenvalue weighted by atomic mass is 16.4. The van der Waals surface area contributed by atoms with Crippen LogP contribution in [0.2, 0.25) is 0 Å². The summed E-state index contributed by atoms with van der Waals surface area (Å²) >= 11 is 0. The number of carboxylic acids is 1. The molecule has 0 radical (unpaired) electrons. The van der Waals surface area contributed by atoms with E-state index in [9.17, 15) is 19.2 Å². The highest BCUT2D eigenvalue weighted by Gasteiger charge is 2.24. The van der Waals surface area contributed by atoms with Gasteiger partial charge in [-0.15, -0.1) is 0 Å². The predicted molar refractivity (Wildman–Crippen MR) is 103 cm³/mol. The van der Waals surface area contributed by atoms with Crippen LogP contribution in [0.5, 0.6) is 0 Å². The Balaban J connectivity index is 2.17. The molecule has 8 heteroatoms. The first-order valence-corrected chi connectivity index (χ1v) is 8.85. The van der Waals surface area contributed by atoms with E-state index in [1.165, 1.54) is 6.92 Å². The first kappa shape index (κ1) is 20.9. The standard InChI is InChI=1S/C20H23N3O5/c1-12(19(21)27)22-20(28)16(23-17(24)8-9-18(25)26)11-13-6-7-14-4-2-3-5-15(14)10-13/h2-7,10,12,16H,8-9,11H2,1H3,(H2,21,27)(H,22,28)(H,23,24)(H,25,26)/t12-,16-/m0/s1. The molecule has 0 fully saturated rings. The van der Waals surface area contributed by atoms with Crippen molar-refractivity contribution < 1.29 is 24.3 Å². The zero-order valence-corrected chi connectivity index (χ0v) is 15.5. The van der Waals surface area contributed by atoms with Gasteiger partial charge in [0.1, 0.15) is 12.1 Å². The van der Waals surface area contributed by atoms with Crippen LogP contribution < -0.4 is 16.4 Å². The fourth-order valence-electron chi connectivity index (χ4n) is 2.68. The van der Waals surface area contributed by atoms with Gasteiger partial charge in [0.15, 0.2) is 0 Å². The third-order valence-electron chi connectivity index (χ3n) is 4.26. The van der Waals surface area contributed by atoms with Crippen LogP contribution in [0.4, 0.5) is 0 Å². The van der Waals surface area contributed by atoms with Crippen molar-refractivity contribution in [3.8, 4) is 0 Å². The molecule has 0 aliphatic rings. The Labute approximate surface area is 162 Å². The minimum Gasteiger partial charge on any atom is -0.481 e. The zero-order chi connectivity index (χ0) is 20.7. The van der Waals surface area contributed by atoms with Crippen LogP contribution >= 0.6 is 0 Å². The summed E-state index contributed by atoms with van der Waals surface area (Å²) in [5.41, 5.74) is 5.98. The van der Waals surface area contributed by atoms with E-state index >= 15 is 0 Å². The van der Waals surface area contributed by atoms with Gasteiger partial charge in [-0.2, -0.15) is 0 Å². The second-order valence-corrected chi connectivity index (χ2v) is 6.53. The van der Waals surface area contributed by atoms with Crippen LogP contribution in [0.3, 0.4) is 0 Å². The molecule has 0 saturated carbocycles. The first-order chi connectivity index (χ1) is 13.3. The van der Waals surface area contributed by atoms with Crippen molar-refractivity contribution in [3.05, 3.63) is 48.0 Å². The van der Waals surface area contributed by atoms with Crippen molar-refractivity contribution in [1.29, 1.82) is 0 Å². The fourth-order valence-corrected chi connectivity index (χ4v) is 2.68. The van der Waals surface area contributed by atoms with E-state index in [4.69, 9.17) is 10.8 Å². The lowest BCUT2D eigenvalue weighted by Gasteiger charge is -2.20. The molecule has 2 atom stereocenters. The van der Waals surface area contributed by atoms with Gasteiger partial charge in [-0.1, -0.05) is 42.5 Å². The second kappa shape index (κ2) is 9.50. The van der Waals surface area contributed by atoms with Gasteiger partial charge in [0.25, 0.3) is 0 Å². The van der Waals surface area contributed by atoms with E-state index in [0.29, 0.717) is 0 Å². The lowest BCUT2D eigenvalue weighted by Crippen LogP contribution is -2.52. The number of rotatable bonds is 9. The molecule has 0 heterocycles. The number of carbonyl (C=O) groups excluding carboxylic acids is 3. The van der Waals surface area contributed by atoms with E-state index in [1.54, 1.807) is 0 Å². The molecule has 0 aliphatic heterocycles. The van der Waals surface area contributed by atoms with Crippen molar-refractivity contribution in [1.82, 2.24) is 10.6 Å². The van der Waals surface area contributed by atoms with Crippen LogP contribution in [-0.2, 0) is 25.6 Å². The number of benzene rings is 2. The lowest BCUT2D eigenvalue weighted by atomic mass is 10.0. The molecule has 0 aliphatic carbocycles. The van der Waals surface area contributed by atoms with Crippen molar-refractivity contribution in [2.45, 2.75) is 38.3 Å². The average Bonchev–Trinajstić information content (AvgIpc) is 2.65. The summed E-state index contributed by atoms with van der Waals surface area (Å²) in [6.45, 7) is 1.44. The van der Waals surface area contributed by atoms with Gasteiger partial charge in [0.2, 0.25) is 17.7 Å². The Morgan fingerprint density at radius 1 is 1.00 bits per heavy atom. The Morgan fingerprint density at radius 2 is 1.68 bits per heavy atom. The van der Waals surface area contributed by atoms with Gasteiger partial charge in [0, 0.05) is 12.8 Å². The maximum atomic E-state index is 12.5. The summed E-state index contributed by atoms with van der Waals surface area (Å²) in [4.78, 5) is 46.5. The number of hydrogen-bond donors (Lipinski definition) is 4. The van der Waals surface area contributed by atoms with Crippen molar-refractivity contribution >= 4 is 34.5 Å². The molecule has 0 bridgehead atoms. The number of carbonyl (C=O) groups is 4. The highest BCUT2D eigenvalue weighted by molar-refractivity contribution is 5.92. The maximum Gasteiger partial charge on any atom is 0.303 e. The third kappa shape index (κ3) is 6.08. The first-order valence-electron chi connectivity index (χ1n) is 8.85. The zero-order valence-electron chi connectivity index (χ0n) is 15.5. The van der Waals surface area contributed by atoms with E-state index in [-0.39, 0.29) is 19.3 Å². The fraction of sp³-hybridized carbons (Fsp3) is 0.300. The number of fused-ring (bicyclic) bond motifs is 1. The third-order valence-corrected chi connectivity index (χ3v) is 4.26. The van der Waals surface area contributed by atoms with Crippen LogP contribution in [0, 0.1) is 0 Å². The topological polar surface area (TPSA) is 139 Å². The van der Waals surface area contributed by atoms with Gasteiger partial charge in [-0.05, 0) is 23.3 Å². The molecule has 0 saturated heterocycles. The number of carboxylic acid groups (broad SMARTS) is 1. The van der Waals surface area contributed by atoms with Gasteiger partial charge in [0.05, 0.1) is 6.42 Å². The number of amides is 3. The monoisotopic (exact) mass is 385 g/mol. The number of aliphatic carboxylic acids is 1. The maximum absolute atomic E-state index is 12.5. The molecule has 2 rings (SSSR count). The number of primary amides is 1. The molecule has 2 aromatic rings. The smallest absolute Gasteiger partial charge is 0.303 e. The summed E-state index contributed by atoms with van der Waals surface area (Å²) < 4.78 is 0. The predicted octanol–water partition coefficient (Wildman–Crippen LogP) is 0.722. The minimum atomic E-state index is -1.10. The molecule has 28 heavy (non-hydrogen) atoms. The molecule has 0 unspecified atom stereocenters. The molecular weight excluding hydrogens is 362 g/mol.